The minimum atomic E-state index is -0.287. The maximum Gasteiger partial charge on any atom is 0.222 e. The molecule has 0 fully saturated rings. The van der Waals surface area contributed by atoms with Gasteiger partial charge in [0.05, 0.1) is 18.4 Å². The van der Waals surface area contributed by atoms with Crippen LogP contribution in [0, 0.1) is 5.82 Å². The molecule has 0 aliphatic carbocycles. The number of hydrogen-bond acceptors (Lipinski definition) is 4. The van der Waals surface area contributed by atoms with Crippen LogP contribution in [0.1, 0.15) is 24.9 Å². The standard InChI is InChI=1S/C17H18FN5O/c1-12(13-2-4-14(18)5-3-13)22-17(24)6-7-20-16-11-21-15-10-19-8-9-23(15)16/h2-5,8-12,20H,6-7H2,1H3,(H,22,24). The molecule has 0 aliphatic heterocycles. The first-order valence-corrected chi connectivity index (χ1v) is 7.69. The van der Waals surface area contributed by atoms with Gasteiger partial charge >= 0.3 is 0 Å². The van der Waals surface area contributed by atoms with Crippen LogP contribution in [0.5, 0.6) is 0 Å². The summed E-state index contributed by atoms with van der Waals surface area (Å²) in [5, 5.41) is 6.08. The second kappa shape index (κ2) is 7.08. The van der Waals surface area contributed by atoms with Crippen molar-refractivity contribution in [1.29, 1.82) is 0 Å². The fraction of sp³-hybridized carbons (Fsp3) is 0.235. The number of halogens is 1. The molecule has 0 saturated carbocycles. The zero-order valence-corrected chi connectivity index (χ0v) is 13.2. The van der Waals surface area contributed by atoms with E-state index in [2.05, 4.69) is 20.6 Å². The SMILES string of the molecule is CC(NC(=O)CCNc1cnc2cnccn12)c1ccc(F)cc1. The molecule has 2 N–H and O–H groups in total. The Hall–Kier alpha value is -2.96. The number of nitrogens with one attached hydrogen (secondary N) is 2. The highest BCUT2D eigenvalue weighted by atomic mass is 19.1. The summed E-state index contributed by atoms with van der Waals surface area (Å²) < 4.78 is 14.8. The Kier molecular flexibility index (Phi) is 4.69. The van der Waals surface area contributed by atoms with Crippen molar-refractivity contribution in [3.05, 3.63) is 60.4 Å². The normalized spacial score (nSPS) is 12.1. The Balaban J connectivity index is 1.49. The molecule has 0 bridgehead atoms. The molecule has 0 aliphatic rings. The van der Waals surface area contributed by atoms with E-state index in [1.807, 2.05) is 11.3 Å². The van der Waals surface area contributed by atoms with E-state index < -0.39 is 0 Å². The van der Waals surface area contributed by atoms with Crippen LogP contribution in [-0.2, 0) is 4.79 Å². The average Bonchev–Trinajstić information content (AvgIpc) is 2.99. The summed E-state index contributed by atoms with van der Waals surface area (Å²) >= 11 is 0. The van der Waals surface area contributed by atoms with E-state index in [1.165, 1.54) is 12.1 Å². The van der Waals surface area contributed by atoms with Crippen LogP contribution in [0.2, 0.25) is 0 Å². The highest BCUT2D eigenvalue weighted by molar-refractivity contribution is 5.77. The van der Waals surface area contributed by atoms with Crippen LogP contribution in [0.3, 0.4) is 0 Å². The van der Waals surface area contributed by atoms with Gasteiger partial charge in [0.1, 0.15) is 11.6 Å². The number of fused-ring (bicyclic) bond motifs is 1. The van der Waals surface area contributed by atoms with Gasteiger partial charge in [-0.05, 0) is 24.6 Å². The van der Waals surface area contributed by atoms with Crippen LogP contribution in [-0.4, -0.2) is 26.8 Å². The summed E-state index contributed by atoms with van der Waals surface area (Å²) in [6.07, 6.45) is 7.18. The quantitative estimate of drug-likeness (QED) is 0.730. The first-order valence-electron chi connectivity index (χ1n) is 7.69. The lowest BCUT2D eigenvalue weighted by Crippen LogP contribution is -2.28. The molecule has 124 valence electrons. The molecule has 1 unspecified atom stereocenters. The van der Waals surface area contributed by atoms with Gasteiger partial charge in [-0.25, -0.2) is 9.37 Å². The van der Waals surface area contributed by atoms with Gasteiger partial charge in [0.25, 0.3) is 0 Å². The van der Waals surface area contributed by atoms with Crippen LogP contribution in [0.25, 0.3) is 5.65 Å². The number of carbonyl (C=O) groups is 1. The van der Waals surface area contributed by atoms with E-state index in [1.54, 1.807) is 36.9 Å². The largest absolute Gasteiger partial charge is 0.369 e. The molecule has 0 spiro atoms. The van der Waals surface area contributed by atoms with Gasteiger partial charge in [0.2, 0.25) is 5.91 Å². The van der Waals surface area contributed by atoms with E-state index in [-0.39, 0.29) is 17.8 Å². The first-order chi connectivity index (χ1) is 11.6. The molecule has 2 aromatic heterocycles. The van der Waals surface area contributed by atoms with Gasteiger partial charge in [-0.1, -0.05) is 12.1 Å². The number of nitrogens with zero attached hydrogens (tertiary/aromatic N) is 3. The maximum atomic E-state index is 12.9. The summed E-state index contributed by atoms with van der Waals surface area (Å²) in [7, 11) is 0. The molecule has 7 heteroatoms. The van der Waals surface area contributed by atoms with Gasteiger partial charge in [-0.3, -0.25) is 14.2 Å². The molecule has 3 aromatic rings. The Bertz CT molecular complexity index is 830. The van der Waals surface area contributed by atoms with Crippen LogP contribution in [0.4, 0.5) is 10.2 Å². The van der Waals surface area contributed by atoms with E-state index in [0.717, 1.165) is 17.0 Å². The van der Waals surface area contributed by atoms with Gasteiger partial charge in [0, 0.05) is 25.4 Å². The molecule has 2 heterocycles. The first kappa shape index (κ1) is 15.9. The number of carbonyl (C=O) groups excluding carboxylic acids is 1. The zero-order chi connectivity index (χ0) is 16.9. The average molecular weight is 327 g/mol. The third-order valence-corrected chi connectivity index (χ3v) is 3.72. The Morgan fingerprint density at radius 1 is 1.29 bits per heavy atom. The lowest BCUT2D eigenvalue weighted by atomic mass is 10.1. The van der Waals surface area contributed by atoms with Gasteiger partial charge in [-0.2, -0.15) is 0 Å². The second-order valence-corrected chi connectivity index (χ2v) is 5.47. The van der Waals surface area contributed by atoms with Gasteiger partial charge < -0.3 is 10.6 Å². The van der Waals surface area contributed by atoms with Crippen LogP contribution >= 0.6 is 0 Å². The highest BCUT2D eigenvalue weighted by Crippen LogP contribution is 2.13. The Morgan fingerprint density at radius 2 is 2.08 bits per heavy atom. The Labute approximate surface area is 138 Å². The van der Waals surface area contributed by atoms with Crippen molar-refractivity contribution in [3.63, 3.8) is 0 Å². The third-order valence-electron chi connectivity index (χ3n) is 3.72. The van der Waals surface area contributed by atoms with E-state index >= 15 is 0 Å². The molecular weight excluding hydrogens is 309 g/mol. The van der Waals surface area contributed by atoms with Crippen molar-refractivity contribution in [1.82, 2.24) is 19.7 Å². The fourth-order valence-electron chi connectivity index (χ4n) is 2.43. The number of rotatable bonds is 6. The number of aromatic nitrogens is 3. The molecular formula is C17H18FN5O. The molecule has 24 heavy (non-hydrogen) atoms. The highest BCUT2D eigenvalue weighted by Gasteiger charge is 2.10. The van der Waals surface area contributed by atoms with Crippen LogP contribution in [0.15, 0.2) is 49.1 Å². The van der Waals surface area contributed by atoms with E-state index in [9.17, 15) is 9.18 Å². The van der Waals surface area contributed by atoms with E-state index in [0.29, 0.717) is 13.0 Å². The number of imidazole rings is 1. The molecule has 1 atom stereocenters. The third kappa shape index (κ3) is 3.68. The molecule has 1 aromatic carbocycles. The van der Waals surface area contributed by atoms with Crippen molar-refractivity contribution in [3.8, 4) is 0 Å². The summed E-state index contributed by atoms with van der Waals surface area (Å²) in [6.45, 7) is 2.36. The molecule has 0 saturated heterocycles. The van der Waals surface area contributed by atoms with Crippen molar-refractivity contribution >= 4 is 17.4 Å². The number of benzene rings is 1. The minimum absolute atomic E-state index is 0.0742. The zero-order valence-electron chi connectivity index (χ0n) is 13.2. The summed E-state index contributed by atoms with van der Waals surface area (Å²) in [5.41, 5.74) is 1.61. The smallest absolute Gasteiger partial charge is 0.222 e. The lowest BCUT2D eigenvalue weighted by molar-refractivity contribution is -0.121. The molecule has 6 nitrogen and oxygen atoms in total. The van der Waals surface area contributed by atoms with Crippen LogP contribution < -0.4 is 10.6 Å². The number of anilines is 1. The summed E-state index contributed by atoms with van der Waals surface area (Å²) in [6, 6.07) is 5.95. The fourth-order valence-corrected chi connectivity index (χ4v) is 2.43. The monoisotopic (exact) mass is 327 g/mol. The van der Waals surface area contributed by atoms with Gasteiger partial charge in [0.15, 0.2) is 5.65 Å². The summed E-state index contributed by atoms with van der Waals surface area (Å²) in [4.78, 5) is 20.2. The molecule has 3 rings (SSSR count). The van der Waals surface area contributed by atoms with E-state index in [4.69, 9.17) is 0 Å². The maximum absolute atomic E-state index is 12.9. The number of hydrogen-bond donors (Lipinski definition) is 2. The predicted molar refractivity (Wildman–Crippen MR) is 89.1 cm³/mol. The number of amides is 1. The van der Waals surface area contributed by atoms with Crippen molar-refractivity contribution in [2.75, 3.05) is 11.9 Å². The minimum Gasteiger partial charge on any atom is -0.369 e. The molecule has 0 radical (unpaired) electrons. The second-order valence-electron chi connectivity index (χ2n) is 5.47. The lowest BCUT2D eigenvalue weighted by Gasteiger charge is -2.14. The molecule has 1 amide bonds. The van der Waals surface area contributed by atoms with Gasteiger partial charge in [-0.15, -0.1) is 0 Å². The summed E-state index contributed by atoms with van der Waals surface area (Å²) in [5.74, 6) is 0.450. The van der Waals surface area contributed by atoms with Crippen molar-refractivity contribution in [2.45, 2.75) is 19.4 Å². The van der Waals surface area contributed by atoms with Crippen molar-refractivity contribution in [2.24, 2.45) is 0 Å². The topological polar surface area (TPSA) is 71.3 Å². The Morgan fingerprint density at radius 3 is 2.88 bits per heavy atom. The van der Waals surface area contributed by atoms with Crippen molar-refractivity contribution < 1.29 is 9.18 Å². The predicted octanol–water partition coefficient (Wildman–Crippen LogP) is 2.55.